The minimum absolute atomic E-state index is 0.0209. The van der Waals surface area contributed by atoms with Gasteiger partial charge in [0, 0.05) is 41.9 Å². The lowest BCUT2D eigenvalue weighted by Crippen LogP contribution is -2.53. The Labute approximate surface area is 164 Å². The molecule has 26 heavy (non-hydrogen) atoms. The van der Waals surface area contributed by atoms with Crippen LogP contribution >= 0.6 is 23.2 Å². The summed E-state index contributed by atoms with van der Waals surface area (Å²) in [5, 5.41) is 1.38. The lowest BCUT2D eigenvalue weighted by molar-refractivity contribution is -0.132. The highest BCUT2D eigenvalue weighted by Gasteiger charge is 2.26. The molecule has 4 nitrogen and oxygen atoms in total. The van der Waals surface area contributed by atoms with E-state index in [9.17, 15) is 4.79 Å². The first-order valence-electron chi connectivity index (χ1n) is 8.74. The van der Waals surface area contributed by atoms with Gasteiger partial charge >= 0.3 is 0 Å². The summed E-state index contributed by atoms with van der Waals surface area (Å²) >= 11 is 12.3. The third-order valence-electron chi connectivity index (χ3n) is 4.82. The van der Waals surface area contributed by atoms with Crippen molar-refractivity contribution < 1.29 is 4.79 Å². The second-order valence-electron chi connectivity index (χ2n) is 6.65. The quantitative estimate of drug-likeness (QED) is 0.866. The molecule has 138 valence electrons. The average molecular weight is 392 g/mol. The molecular formula is C20H23Cl2N3O. The molecule has 0 spiro atoms. The molecule has 0 bridgehead atoms. The fourth-order valence-corrected chi connectivity index (χ4v) is 3.69. The van der Waals surface area contributed by atoms with E-state index in [1.165, 1.54) is 5.56 Å². The number of carbonyl (C=O) groups excluding carboxylic acids is 1. The number of carbonyl (C=O) groups is 1. The lowest BCUT2D eigenvalue weighted by Gasteiger charge is -2.37. The van der Waals surface area contributed by atoms with Gasteiger partial charge in [0.15, 0.2) is 0 Å². The van der Waals surface area contributed by atoms with Crippen LogP contribution in [0.1, 0.15) is 11.1 Å². The maximum absolute atomic E-state index is 12.7. The van der Waals surface area contributed by atoms with E-state index >= 15 is 0 Å². The van der Waals surface area contributed by atoms with Gasteiger partial charge < -0.3 is 15.5 Å². The van der Waals surface area contributed by atoms with E-state index < -0.39 is 6.04 Å². The van der Waals surface area contributed by atoms with Crippen molar-refractivity contribution in [2.24, 2.45) is 5.73 Å². The molecule has 1 aliphatic rings. The van der Waals surface area contributed by atoms with E-state index in [1.807, 2.05) is 47.4 Å². The zero-order valence-electron chi connectivity index (χ0n) is 14.8. The highest BCUT2D eigenvalue weighted by atomic mass is 35.5. The van der Waals surface area contributed by atoms with Crippen LogP contribution in [0.2, 0.25) is 10.0 Å². The number of hydrogen-bond acceptors (Lipinski definition) is 3. The van der Waals surface area contributed by atoms with Crippen molar-refractivity contribution in [3.63, 3.8) is 0 Å². The summed E-state index contributed by atoms with van der Waals surface area (Å²) in [5.41, 5.74) is 9.38. The Bertz CT molecular complexity index is 788. The van der Waals surface area contributed by atoms with Crippen LogP contribution in [0.3, 0.4) is 0 Å². The summed E-state index contributed by atoms with van der Waals surface area (Å²) in [6.07, 6.45) is 0.451. The predicted molar refractivity (Wildman–Crippen MR) is 108 cm³/mol. The van der Waals surface area contributed by atoms with Gasteiger partial charge in [-0.05, 0) is 42.7 Å². The number of hydrogen-bond donors (Lipinski definition) is 1. The summed E-state index contributed by atoms with van der Waals surface area (Å²) in [6, 6.07) is 12.8. The topological polar surface area (TPSA) is 49.6 Å². The van der Waals surface area contributed by atoms with Crippen LogP contribution in [-0.4, -0.2) is 43.0 Å². The zero-order chi connectivity index (χ0) is 18.7. The van der Waals surface area contributed by atoms with Crippen molar-refractivity contribution >= 4 is 34.8 Å². The van der Waals surface area contributed by atoms with E-state index in [-0.39, 0.29) is 5.91 Å². The minimum Gasteiger partial charge on any atom is -0.368 e. The molecule has 0 aliphatic carbocycles. The first-order chi connectivity index (χ1) is 12.5. The standard InChI is InChI=1S/C20H23Cl2N3O/c1-14-6-7-16(21)13-19(14)24-8-10-25(11-9-24)20(26)18(23)12-15-4-2-3-5-17(15)22/h2-7,13,18H,8-12,23H2,1H3. The van der Waals surface area contributed by atoms with Crippen molar-refractivity contribution in [2.45, 2.75) is 19.4 Å². The normalized spacial score (nSPS) is 15.8. The van der Waals surface area contributed by atoms with Gasteiger partial charge in [-0.1, -0.05) is 47.5 Å². The molecule has 0 aromatic heterocycles. The lowest BCUT2D eigenvalue weighted by atomic mass is 10.0. The van der Waals surface area contributed by atoms with E-state index in [0.717, 1.165) is 29.4 Å². The smallest absolute Gasteiger partial charge is 0.239 e. The van der Waals surface area contributed by atoms with Gasteiger partial charge in [-0.25, -0.2) is 0 Å². The van der Waals surface area contributed by atoms with Crippen LogP contribution in [0.4, 0.5) is 5.69 Å². The van der Waals surface area contributed by atoms with Gasteiger partial charge in [0.05, 0.1) is 6.04 Å². The number of piperazine rings is 1. The van der Waals surface area contributed by atoms with Crippen LogP contribution in [0.25, 0.3) is 0 Å². The van der Waals surface area contributed by atoms with E-state index in [4.69, 9.17) is 28.9 Å². The highest BCUT2D eigenvalue weighted by Crippen LogP contribution is 2.25. The molecule has 1 heterocycles. The summed E-state index contributed by atoms with van der Waals surface area (Å²) in [5.74, 6) is -0.0209. The van der Waals surface area contributed by atoms with Crippen LogP contribution < -0.4 is 10.6 Å². The Morgan fingerprint density at radius 3 is 2.50 bits per heavy atom. The SMILES string of the molecule is Cc1ccc(Cl)cc1N1CCN(C(=O)C(N)Cc2ccccc2Cl)CC1. The third kappa shape index (κ3) is 4.32. The summed E-state index contributed by atoms with van der Waals surface area (Å²) < 4.78 is 0. The number of nitrogens with zero attached hydrogens (tertiary/aromatic N) is 2. The van der Waals surface area contributed by atoms with E-state index in [0.29, 0.717) is 24.5 Å². The molecule has 3 rings (SSSR count). The second-order valence-corrected chi connectivity index (χ2v) is 7.49. The van der Waals surface area contributed by atoms with Gasteiger partial charge in [-0.3, -0.25) is 4.79 Å². The molecule has 1 fully saturated rings. The molecule has 1 amide bonds. The maximum Gasteiger partial charge on any atom is 0.239 e. The number of anilines is 1. The number of amides is 1. The minimum atomic E-state index is -0.575. The third-order valence-corrected chi connectivity index (χ3v) is 5.42. The largest absolute Gasteiger partial charge is 0.368 e. The molecular weight excluding hydrogens is 369 g/mol. The van der Waals surface area contributed by atoms with Crippen LogP contribution in [0.5, 0.6) is 0 Å². The van der Waals surface area contributed by atoms with Crippen molar-refractivity contribution in [3.05, 3.63) is 63.6 Å². The Hall–Kier alpha value is -1.75. The number of benzene rings is 2. The molecule has 2 N–H and O–H groups in total. The Morgan fingerprint density at radius 2 is 1.81 bits per heavy atom. The molecule has 2 aromatic rings. The number of rotatable bonds is 4. The predicted octanol–water partition coefficient (Wildman–Crippen LogP) is 3.52. The summed E-state index contributed by atoms with van der Waals surface area (Å²) in [6.45, 7) is 4.92. The van der Waals surface area contributed by atoms with Crippen molar-refractivity contribution in [3.8, 4) is 0 Å². The number of aryl methyl sites for hydroxylation is 1. The number of nitrogens with two attached hydrogens (primary N) is 1. The molecule has 6 heteroatoms. The monoisotopic (exact) mass is 391 g/mol. The molecule has 2 aromatic carbocycles. The van der Waals surface area contributed by atoms with E-state index in [1.54, 1.807) is 0 Å². The van der Waals surface area contributed by atoms with Gasteiger partial charge in [0.25, 0.3) is 0 Å². The first kappa shape index (κ1) is 19.0. The maximum atomic E-state index is 12.7. The van der Waals surface area contributed by atoms with Gasteiger partial charge in [0.2, 0.25) is 5.91 Å². The Balaban J connectivity index is 1.59. The van der Waals surface area contributed by atoms with Crippen molar-refractivity contribution in [1.29, 1.82) is 0 Å². The Morgan fingerprint density at radius 1 is 1.12 bits per heavy atom. The average Bonchev–Trinajstić information content (AvgIpc) is 2.65. The van der Waals surface area contributed by atoms with Crippen LogP contribution in [0, 0.1) is 6.92 Å². The fourth-order valence-electron chi connectivity index (χ4n) is 3.31. The fraction of sp³-hybridized carbons (Fsp3) is 0.350. The van der Waals surface area contributed by atoms with E-state index in [2.05, 4.69) is 11.8 Å². The second kappa shape index (κ2) is 8.30. The molecule has 1 aliphatic heterocycles. The van der Waals surface area contributed by atoms with Crippen molar-refractivity contribution in [1.82, 2.24) is 4.90 Å². The zero-order valence-corrected chi connectivity index (χ0v) is 16.3. The van der Waals surface area contributed by atoms with Gasteiger partial charge in [0.1, 0.15) is 0 Å². The highest BCUT2D eigenvalue weighted by molar-refractivity contribution is 6.31. The van der Waals surface area contributed by atoms with Crippen molar-refractivity contribution in [2.75, 3.05) is 31.1 Å². The summed E-state index contributed by atoms with van der Waals surface area (Å²) in [4.78, 5) is 16.8. The molecule has 0 radical (unpaired) electrons. The molecule has 1 atom stereocenters. The molecule has 0 saturated carbocycles. The number of halogens is 2. The van der Waals surface area contributed by atoms with Crippen LogP contribution in [0.15, 0.2) is 42.5 Å². The van der Waals surface area contributed by atoms with Crippen LogP contribution in [-0.2, 0) is 11.2 Å². The van der Waals surface area contributed by atoms with Gasteiger partial charge in [-0.15, -0.1) is 0 Å². The molecule has 1 saturated heterocycles. The molecule has 1 unspecified atom stereocenters. The summed E-state index contributed by atoms with van der Waals surface area (Å²) in [7, 11) is 0. The van der Waals surface area contributed by atoms with Gasteiger partial charge in [-0.2, -0.15) is 0 Å². The first-order valence-corrected chi connectivity index (χ1v) is 9.50. The Kier molecular flexibility index (Phi) is 6.07.